The number of halogens is 2. The number of carbonyl (C=O) groups excluding carboxylic acids is 1. The Morgan fingerprint density at radius 3 is 2.63 bits per heavy atom. The predicted molar refractivity (Wildman–Crippen MR) is 78.7 cm³/mol. The molecule has 0 aliphatic rings. The Balaban J connectivity index is 2.90. The molecule has 0 spiro atoms. The van der Waals surface area contributed by atoms with Crippen molar-refractivity contribution in [3.63, 3.8) is 0 Å². The molecule has 19 heavy (non-hydrogen) atoms. The summed E-state index contributed by atoms with van der Waals surface area (Å²) in [6.45, 7) is 3.87. The summed E-state index contributed by atoms with van der Waals surface area (Å²) in [6.07, 6.45) is -0.105. The second kappa shape index (κ2) is 6.82. The molecule has 0 bridgehead atoms. The molecule has 0 fully saturated rings. The number of carbonyl (C=O) groups is 1. The molecule has 1 aromatic carbocycles. The van der Waals surface area contributed by atoms with Crippen molar-refractivity contribution in [3.05, 3.63) is 34.6 Å². The molecule has 0 atom stereocenters. The lowest BCUT2D eigenvalue weighted by molar-refractivity contribution is -0.131. The van der Waals surface area contributed by atoms with Crippen LogP contribution in [0.25, 0.3) is 0 Å². The molecule has 6 heteroatoms. The van der Waals surface area contributed by atoms with Gasteiger partial charge in [0.25, 0.3) is 0 Å². The molecule has 104 valence electrons. The van der Waals surface area contributed by atoms with E-state index in [0.29, 0.717) is 0 Å². The van der Waals surface area contributed by atoms with E-state index in [9.17, 15) is 9.18 Å². The zero-order chi connectivity index (χ0) is 14.6. The van der Waals surface area contributed by atoms with Crippen molar-refractivity contribution in [1.82, 2.24) is 4.90 Å². The molecule has 0 aliphatic carbocycles. The third-order valence-electron chi connectivity index (χ3n) is 2.66. The van der Waals surface area contributed by atoms with E-state index in [0.717, 1.165) is 0 Å². The number of hydrogen-bond acceptors (Lipinski definition) is 2. The fourth-order valence-electron chi connectivity index (χ4n) is 1.68. The van der Waals surface area contributed by atoms with Crippen LogP contribution in [0.3, 0.4) is 0 Å². The van der Waals surface area contributed by atoms with Crippen LogP contribution < -0.4 is 5.73 Å². The van der Waals surface area contributed by atoms with Crippen LogP contribution in [0.4, 0.5) is 4.39 Å². The minimum atomic E-state index is -0.486. The zero-order valence-corrected chi connectivity index (χ0v) is 12.4. The Morgan fingerprint density at radius 1 is 1.53 bits per heavy atom. The molecule has 1 aromatic rings. The van der Waals surface area contributed by atoms with Gasteiger partial charge in [0.1, 0.15) is 5.82 Å². The fourth-order valence-corrected chi connectivity index (χ4v) is 2.05. The van der Waals surface area contributed by atoms with Crippen molar-refractivity contribution < 1.29 is 9.18 Å². The maximum atomic E-state index is 13.6. The van der Waals surface area contributed by atoms with Gasteiger partial charge in [-0.25, -0.2) is 4.39 Å². The van der Waals surface area contributed by atoms with E-state index in [4.69, 9.17) is 29.6 Å². The smallest absolute Gasteiger partial charge is 0.227 e. The first-order valence-electron chi connectivity index (χ1n) is 5.83. The van der Waals surface area contributed by atoms with Gasteiger partial charge in [-0.1, -0.05) is 29.9 Å². The van der Waals surface area contributed by atoms with Crippen LogP contribution in [0.2, 0.25) is 5.02 Å². The topological polar surface area (TPSA) is 46.3 Å². The maximum Gasteiger partial charge on any atom is 0.227 e. The highest BCUT2D eigenvalue weighted by molar-refractivity contribution is 7.80. The normalized spacial score (nSPS) is 10.6. The summed E-state index contributed by atoms with van der Waals surface area (Å²) >= 11 is 10.7. The van der Waals surface area contributed by atoms with Gasteiger partial charge in [0, 0.05) is 16.6 Å². The first-order chi connectivity index (χ1) is 8.82. The van der Waals surface area contributed by atoms with E-state index >= 15 is 0 Å². The highest BCUT2D eigenvalue weighted by Gasteiger charge is 2.20. The molecule has 0 saturated heterocycles. The molecule has 0 saturated carbocycles. The molecule has 1 amide bonds. The molecule has 0 unspecified atom stereocenters. The fraction of sp³-hybridized carbons (Fsp3) is 0.385. The molecule has 1 rings (SSSR count). The van der Waals surface area contributed by atoms with Gasteiger partial charge in [0.2, 0.25) is 5.91 Å². The molecule has 0 aliphatic heterocycles. The van der Waals surface area contributed by atoms with Crippen molar-refractivity contribution in [2.75, 3.05) is 6.54 Å². The summed E-state index contributed by atoms with van der Waals surface area (Å²) in [5, 5.41) is 0.243. The van der Waals surface area contributed by atoms with Gasteiger partial charge in [-0.05, 0) is 26.0 Å². The van der Waals surface area contributed by atoms with Gasteiger partial charge in [0.05, 0.1) is 18.0 Å². The highest BCUT2D eigenvalue weighted by Crippen LogP contribution is 2.20. The lowest BCUT2D eigenvalue weighted by atomic mass is 10.1. The Hall–Kier alpha value is -1.20. The Bertz CT molecular complexity index is 473. The zero-order valence-electron chi connectivity index (χ0n) is 10.8. The van der Waals surface area contributed by atoms with Crippen molar-refractivity contribution in [3.8, 4) is 0 Å². The summed E-state index contributed by atoms with van der Waals surface area (Å²) in [6, 6.07) is 4.27. The van der Waals surface area contributed by atoms with Crippen LogP contribution in [0.15, 0.2) is 18.2 Å². The van der Waals surface area contributed by atoms with E-state index in [1.165, 1.54) is 17.0 Å². The number of hydrogen-bond donors (Lipinski definition) is 1. The summed E-state index contributed by atoms with van der Waals surface area (Å²) in [7, 11) is 0. The largest absolute Gasteiger partial charge is 0.392 e. The second-order valence-corrected chi connectivity index (χ2v) is 5.39. The molecule has 3 nitrogen and oxygen atoms in total. The van der Waals surface area contributed by atoms with Gasteiger partial charge in [-0.3, -0.25) is 4.79 Å². The average molecular weight is 303 g/mol. The minimum absolute atomic E-state index is 0.0699. The van der Waals surface area contributed by atoms with Crippen LogP contribution in [-0.2, 0) is 11.2 Å². The molecular formula is C13H16ClFN2OS. The van der Waals surface area contributed by atoms with Gasteiger partial charge in [-0.15, -0.1) is 0 Å². The Kier molecular flexibility index (Phi) is 5.69. The van der Waals surface area contributed by atoms with Crippen molar-refractivity contribution in [1.29, 1.82) is 0 Å². The van der Waals surface area contributed by atoms with E-state index in [2.05, 4.69) is 0 Å². The van der Waals surface area contributed by atoms with Crippen LogP contribution in [0.5, 0.6) is 0 Å². The van der Waals surface area contributed by atoms with E-state index in [-0.39, 0.29) is 40.5 Å². The first kappa shape index (κ1) is 15.9. The predicted octanol–water partition coefficient (Wildman–Crippen LogP) is 2.54. The van der Waals surface area contributed by atoms with E-state index < -0.39 is 5.82 Å². The van der Waals surface area contributed by atoms with E-state index in [1.807, 2.05) is 13.8 Å². The van der Waals surface area contributed by atoms with Gasteiger partial charge in [-0.2, -0.15) is 0 Å². The monoisotopic (exact) mass is 302 g/mol. The van der Waals surface area contributed by atoms with Crippen LogP contribution in [0, 0.1) is 5.82 Å². The highest BCUT2D eigenvalue weighted by atomic mass is 35.5. The summed E-state index contributed by atoms with van der Waals surface area (Å²) < 4.78 is 13.6. The molecule has 0 aromatic heterocycles. The third kappa shape index (κ3) is 4.44. The first-order valence-corrected chi connectivity index (χ1v) is 6.62. The molecular weight excluding hydrogens is 287 g/mol. The maximum absolute atomic E-state index is 13.6. The second-order valence-electron chi connectivity index (χ2n) is 4.46. The summed E-state index contributed by atoms with van der Waals surface area (Å²) in [4.78, 5) is 13.9. The SMILES string of the molecule is CC(C)N(CC(N)=S)C(=O)Cc1c(F)cccc1Cl. The number of rotatable bonds is 5. The standard InChI is InChI=1S/C13H16ClFN2OS/c1-8(2)17(7-12(16)19)13(18)6-9-10(14)4-3-5-11(9)15/h3-5,8H,6-7H2,1-2H3,(H2,16,19). The third-order valence-corrected chi connectivity index (χ3v) is 3.14. The minimum Gasteiger partial charge on any atom is -0.392 e. The van der Waals surface area contributed by atoms with Crippen LogP contribution in [-0.4, -0.2) is 28.4 Å². The number of nitrogens with zero attached hydrogens (tertiary/aromatic N) is 1. The van der Waals surface area contributed by atoms with Crippen LogP contribution in [0.1, 0.15) is 19.4 Å². The van der Waals surface area contributed by atoms with Gasteiger partial charge >= 0.3 is 0 Å². The number of thiocarbonyl (C=S) groups is 1. The molecule has 0 radical (unpaired) electrons. The van der Waals surface area contributed by atoms with Crippen molar-refractivity contribution in [2.24, 2.45) is 5.73 Å². The number of benzene rings is 1. The van der Waals surface area contributed by atoms with Gasteiger partial charge < -0.3 is 10.6 Å². The molecule has 2 N–H and O–H groups in total. The number of nitrogens with two attached hydrogens (primary N) is 1. The summed E-state index contributed by atoms with van der Waals surface area (Å²) in [5.74, 6) is -0.741. The number of amides is 1. The van der Waals surface area contributed by atoms with Crippen molar-refractivity contribution >= 4 is 34.7 Å². The molecule has 0 heterocycles. The lowest BCUT2D eigenvalue weighted by Crippen LogP contribution is -2.43. The van der Waals surface area contributed by atoms with Crippen LogP contribution >= 0.6 is 23.8 Å². The average Bonchev–Trinajstić information content (AvgIpc) is 2.30. The van der Waals surface area contributed by atoms with E-state index in [1.54, 1.807) is 6.07 Å². The lowest BCUT2D eigenvalue weighted by Gasteiger charge is -2.26. The Morgan fingerprint density at radius 2 is 2.16 bits per heavy atom. The quantitative estimate of drug-likeness (QED) is 0.850. The van der Waals surface area contributed by atoms with Crippen molar-refractivity contribution in [2.45, 2.75) is 26.3 Å². The van der Waals surface area contributed by atoms with Gasteiger partial charge in [0.15, 0.2) is 0 Å². The Labute approximate surface area is 122 Å². The summed E-state index contributed by atoms with van der Waals surface area (Å²) in [5.41, 5.74) is 5.66.